The first-order valence-corrected chi connectivity index (χ1v) is 12.1. The number of urea groups is 1. The molecular weight excluding hydrogens is 591 g/mol. The number of pyridine rings is 1. The van der Waals surface area contributed by atoms with Gasteiger partial charge in [-0.3, -0.25) is 0 Å². The van der Waals surface area contributed by atoms with Crippen LogP contribution in [-0.2, 0) is 0 Å². The van der Waals surface area contributed by atoms with E-state index >= 15 is 0 Å². The highest BCUT2D eigenvalue weighted by atomic mass is 19.4. The van der Waals surface area contributed by atoms with Crippen molar-refractivity contribution in [3.8, 4) is 17.1 Å². The predicted octanol–water partition coefficient (Wildman–Crippen LogP) is 6.45. The molecule has 2 atom stereocenters. The van der Waals surface area contributed by atoms with Crippen LogP contribution in [0.3, 0.4) is 0 Å². The number of amides is 2. The van der Waals surface area contributed by atoms with Crippen molar-refractivity contribution in [2.45, 2.75) is 50.4 Å². The number of imidazole rings is 1. The lowest BCUT2D eigenvalue weighted by atomic mass is 10.1. The molecule has 2 amide bonds. The third-order valence-corrected chi connectivity index (χ3v) is 6.16. The van der Waals surface area contributed by atoms with Gasteiger partial charge in [0.25, 0.3) is 5.88 Å². The van der Waals surface area contributed by atoms with Gasteiger partial charge in [-0.25, -0.2) is 19.7 Å². The Labute approximate surface area is 230 Å². The van der Waals surface area contributed by atoms with E-state index < -0.39 is 61.7 Å². The second-order valence-electron chi connectivity index (χ2n) is 8.95. The van der Waals surface area contributed by atoms with Crippen LogP contribution >= 0.6 is 0 Å². The Bertz CT molecular complexity index is 1560. The molecule has 18 heteroatoms. The van der Waals surface area contributed by atoms with Crippen LogP contribution in [0.1, 0.15) is 31.5 Å². The zero-order chi connectivity index (χ0) is 31.0. The van der Waals surface area contributed by atoms with Gasteiger partial charge in [0.1, 0.15) is 11.6 Å². The van der Waals surface area contributed by atoms with E-state index in [4.69, 9.17) is 9.15 Å². The van der Waals surface area contributed by atoms with E-state index in [1.165, 1.54) is 41.5 Å². The molecule has 0 saturated carbocycles. The van der Waals surface area contributed by atoms with Crippen molar-refractivity contribution in [1.29, 1.82) is 0 Å². The van der Waals surface area contributed by atoms with Crippen LogP contribution in [0.15, 0.2) is 41.4 Å². The molecule has 228 valence electrons. The fraction of sp³-hybridized carbons (Fsp3) is 0.417. The Morgan fingerprint density at radius 2 is 1.83 bits per heavy atom. The standard InChI is InChI=1S/C24H21F9N6O3/c1-3-39(21(40)37-16(23(28,29)30)4-6-22(25,26)27)18(24(31,32)33)14-10-12(17-13(35-14)5-9-42-17)15-11-38-8-7-34-19(38)20(36-15)41-2/h5,7-11,16,18H,3-4,6H2,1-2H3,(H,37,40). The molecule has 0 aliphatic heterocycles. The molecule has 1 N–H and O–H groups in total. The van der Waals surface area contributed by atoms with Crippen molar-refractivity contribution >= 4 is 22.8 Å². The lowest BCUT2D eigenvalue weighted by molar-refractivity contribution is -0.182. The molecule has 9 nitrogen and oxygen atoms in total. The maximum atomic E-state index is 14.5. The van der Waals surface area contributed by atoms with Crippen LogP contribution in [0.25, 0.3) is 28.0 Å². The largest absolute Gasteiger partial charge is 0.478 e. The third kappa shape index (κ3) is 6.46. The summed E-state index contributed by atoms with van der Waals surface area (Å²) < 4.78 is 134. The zero-order valence-electron chi connectivity index (χ0n) is 21.6. The number of alkyl halides is 9. The number of nitrogens with zero attached hydrogens (tertiary/aromatic N) is 5. The quantitative estimate of drug-likeness (QED) is 0.230. The van der Waals surface area contributed by atoms with Crippen molar-refractivity contribution in [2.75, 3.05) is 13.7 Å². The Hall–Kier alpha value is -4.25. The summed E-state index contributed by atoms with van der Waals surface area (Å²) >= 11 is 0. The van der Waals surface area contributed by atoms with E-state index in [0.717, 1.165) is 19.3 Å². The van der Waals surface area contributed by atoms with E-state index in [-0.39, 0.29) is 38.8 Å². The van der Waals surface area contributed by atoms with E-state index in [0.29, 0.717) is 0 Å². The first-order chi connectivity index (χ1) is 19.5. The molecule has 4 aromatic heterocycles. The number of aromatic nitrogens is 4. The summed E-state index contributed by atoms with van der Waals surface area (Å²) in [6.45, 7) is 0.278. The zero-order valence-corrected chi connectivity index (χ0v) is 21.6. The Kier molecular flexibility index (Phi) is 8.19. The minimum absolute atomic E-state index is 0.00507. The summed E-state index contributed by atoms with van der Waals surface area (Å²) in [7, 11) is 1.29. The molecule has 0 fully saturated rings. The van der Waals surface area contributed by atoms with Gasteiger partial charge in [-0.2, -0.15) is 39.5 Å². The summed E-state index contributed by atoms with van der Waals surface area (Å²) in [4.78, 5) is 25.1. The second-order valence-corrected chi connectivity index (χ2v) is 8.95. The topological polar surface area (TPSA) is 97.8 Å². The van der Waals surface area contributed by atoms with E-state index in [2.05, 4.69) is 15.0 Å². The molecule has 0 aromatic carbocycles. The number of ether oxygens (including phenoxy) is 1. The van der Waals surface area contributed by atoms with Gasteiger partial charge in [0.2, 0.25) is 0 Å². The molecule has 0 bridgehead atoms. The van der Waals surface area contributed by atoms with Crippen LogP contribution in [0.2, 0.25) is 0 Å². The van der Waals surface area contributed by atoms with Crippen molar-refractivity contribution in [1.82, 2.24) is 29.6 Å². The number of nitrogens with one attached hydrogen (secondary N) is 1. The van der Waals surface area contributed by atoms with Crippen LogP contribution in [-0.4, -0.2) is 68.5 Å². The minimum Gasteiger partial charge on any atom is -0.478 e. The number of methoxy groups -OCH3 is 1. The smallest absolute Gasteiger partial charge is 0.414 e. The fourth-order valence-electron chi connectivity index (χ4n) is 4.28. The molecule has 0 radical (unpaired) electrons. The highest BCUT2D eigenvalue weighted by Gasteiger charge is 2.49. The predicted molar refractivity (Wildman–Crippen MR) is 127 cm³/mol. The molecule has 4 rings (SSSR count). The number of rotatable bonds is 8. The normalized spacial score (nSPS) is 14.3. The summed E-state index contributed by atoms with van der Waals surface area (Å²) in [5.41, 5.74) is -0.605. The number of hydrogen-bond acceptors (Lipinski definition) is 6. The van der Waals surface area contributed by atoms with Crippen molar-refractivity contribution in [3.63, 3.8) is 0 Å². The van der Waals surface area contributed by atoms with Gasteiger partial charge in [-0.05, 0) is 19.4 Å². The second kappa shape index (κ2) is 11.2. The van der Waals surface area contributed by atoms with Gasteiger partial charge in [0.05, 0.1) is 24.8 Å². The average molecular weight is 612 g/mol. The van der Waals surface area contributed by atoms with Crippen molar-refractivity contribution in [3.05, 3.63) is 42.7 Å². The lowest BCUT2D eigenvalue weighted by Crippen LogP contribution is -2.53. The average Bonchev–Trinajstić information content (AvgIpc) is 3.55. The highest BCUT2D eigenvalue weighted by Crippen LogP contribution is 2.40. The number of hydrogen-bond donors (Lipinski definition) is 1. The van der Waals surface area contributed by atoms with Gasteiger partial charge in [-0.15, -0.1) is 0 Å². The summed E-state index contributed by atoms with van der Waals surface area (Å²) in [6.07, 6.45) is -13.7. The number of carbonyl (C=O) groups excluding carboxylic acids is 1. The molecule has 2 unspecified atom stereocenters. The van der Waals surface area contributed by atoms with E-state index in [9.17, 15) is 44.3 Å². The number of fused-ring (bicyclic) bond motifs is 2. The summed E-state index contributed by atoms with van der Waals surface area (Å²) in [6, 6.07) is -5.71. The molecule has 0 aliphatic rings. The minimum atomic E-state index is -5.37. The van der Waals surface area contributed by atoms with E-state index in [1.54, 1.807) is 0 Å². The molecule has 0 spiro atoms. The molecule has 4 aromatic rings. The Morgan fingerprint density at radius 1 is 1.12 bits per heavy atom. The maximum Gasteiger partial charge on any atom is 0.414 e. The highest BCUT2D eigenvalue weighted by molar-refractivity contribution is 5.89. The Morgan fingerprint density at radius 3 is 2.43 bits per heavy atom. The lowest BCUT2D eigenvalue weighted by Gasteiger charge is -2.34. The van der Waals surface area contributed by atoms with Crippen LogP contribution in [0, 0.1) is 0 Å². The van der Waals surface area contributed by atoms with Crippen LogP contribution in [0.4, 0.5) is 44.3 Å². The maximum absolute atomic E-state index is 14.5. The van der Waals surface area contributed by atoms with Crippen molar-refractivity contribution in [2.24, 2.45) is 0 Å². The molecule has 42 heavy (non-hydrogen) atoms. The summed E-state index contributed by atoms with van der Waals surface area (Å²) in [5, 5.41) is 1.29. The fourth-order valence-corrected chi connectivity index (χ4v) is 4.28. The monoisotopic (exact) mass is 612 g/mol. The van der Waals surface area contributed by atoms with Gasteiger partial charge in [0.15, 0.2) is 17.3 Å². The van der Waals surface area contributed by atoms with Crippen molar-refractivity contribution < 1.29 is 53.5 Å². The molecular formula is C24H21F9N6O3. The van der Waals surface area contributed by atoms with Gasteiger partial charge < -0.3 is 23.8 Å². The van der Waals surface area contributed by atoms with E-state index in [1.807, 2.05) is 0 Å². The number of carbonyl (C=O) groups is 1. The number of furan rings is 1. The SMILES string of the molecule is CCN(C(=O)NC(CCC(F)(F)F)C(F)(F)F)C(c1cc(-c2cn3ccnc3c(OC)n2)c2occc2n1)C(F)(F)F. The number of halogens is 9. The molecule has 0 aliphatic carbocycles. The van der Waals surface area contributed by atoms with Crippen LogP contribution < -0.4 is 10.1 Å². The molecule has 0 saturated heterocycles. The first-order valence-electron chi connectivity index (χ1n) is 12.1. The Balaban J connectivity index is 1.79. The van der Waals surface area contributed by atoms with Gasteiger partial charge >= 0.3 is 24.6 Å². The van der Waals surface area contributed by atoms with Gasteiger partial charge in [0, 0.05) is 43.2 Å². The third-order valence-electron chi connectivity index (χ3n) is 6.16. The molecule has 4 heterocycles. The van der Waals surface area contributed by atoms with Gasteiger partial charge in [-0.1, -0.05) is 0 Å². The summed E-state index contributed by atoms with van der Waals surface area (Å²) in [5.74, 6) is 0.00884. The van der Waals surface area contributed by atoms with Crippen LogP contribution in [0.5, 0.6) is 5.88 Å². The first kappa shape index (κ1) is 30.7.